The number of nitrogens with two attached hydrogens (primary N) is 1. The minimum atomic E-state index is -0.388. The summed E-state index contributed by atoms with van der Waals surface area (Å²) in [6.07, 6.45) is -0.142. The summed E-state index contributed by atoms with van der Waals surface area (Å²) in [6, 6.07) is 5.39. The monoisotopic (exact) mass is 315 g/mol. The molecule has 1 rings (SSSR count). The molecule has 0 aliphatic heterocycles. The lowest BCUT2D eigenvalue weighted by Gasteiger charge is -2.14. The Bertz CT molecular complexity index is 419. The second-order valence-electron chi connectivity index (χ2n) is 4.30. The summed E-state index contributed by atoms with van der Waals surface area (Å²) in [5.74, 6) is 0.209. The van der Waals surface area contributed by atoms with Crippen molar-refractivity contribution >= 4 is 21.9 Å². The van der Waals surface area contributed by atoms with E-state index in [1.54, 1.807) is 19.9 Å². The van der Waals surface area contributed by atoms with E-state index in [1.165, 1.54) is 0 Å². The van der Waals surface area contributed by atoms with E-state index in [0.29, 0.717) is 5.75 Å². The smallest absolute Gasteiger partial charge is 0.344 e. The van der Waals surface area contributed by atoms with Crippen molar-refractivity contribution in [3.8, 4) is 5.75 Å². The number of hydrogen-bond acceptors (Lipinski definition) is 4. The molecule has 0 aromatic heterocycles. The van der Waals surface area contributed by atoms with Gasteiger partial charge >= 0.3 is 5.97 Å². The predicted octanol–water partition coefficient (Wildman–Crippen LogP) is 2.80. The van der Waals surface area contributed by atoms with E-state index in [-0.39, 0.29) is 24.7 Å². The Kier molecular flexibility index (Phi) is 5.62. The SMILES string of the molecule is CC(C)OC(=O)COc1cc(Br)ccc1C(C)N. The Morgan fingerprint density at radius 3 is 2.61 bits per heavy atom. The van der Waals surface area contributed by atoms with Crippen LogP contribution in [0.15, 0.2) is 22.7 Å². The number of carbonyl (C=O) groups is 1. The molecule has 0 fully saturated rings. The summed E-state index contributed by atoms with van der Waals surface area (Å²) in [5.41, 5.74) is 6.70. The largest absolute Gasteiger partial charge is 0.482 e. The average molecular weight is 316 g/mol. The second-order valence-corrected chi connectivity index (χ2v) is 5.21. The normalized spacial score (nSPS) is 12.3. The van der Waals surface area contributed by atoms with Crippen LogP contribution in [-0.2, 0) is 9.53 Å². The van der Waals surface area contributed by atoms with E-state index in [2.05, 4.69) is 15.9 Å². The van der Waals surface area contributed by atoms with E-state index in [4.69, 9.17) is 15.2 Å². The van der Waals surface area contributed by atoms with Gasteiger partial charge in [0.25, 0.3) is 0 Å². The van der Waals surface area contributed by atoms with Crippen molar-refractivity contribution in [2.24, 2.45) is 5.73 Å². The zero-order valence-corrected chi connectivity index (χ0v) is 12.4. The van der Waals surface area contributed by atoms with Gasteiger partial charge in [0.1, 0.15) is 5.75 Å². The molecule has 1 unspecified atom stereocenters. The van der Waals surface area contributed by atoms with E-state index in [0.717, 1.165) is 10.0 Å². The summed E-state index contributed by atoms with van der Waals surface area (Å²) >= 11 is 3.36. The quantitative estimate of drug-likeness (QED) is 0.849. The van der Waals surface area contributed by atoms with Crippen molar-refractivity contribution < 1.29 is 14.3 Å². The molecule has 0 spiro atoms. The van der Waals surface area contributed by atoms with Crippen molar-refractivity contribution in [3.63, 3.8) is 0 Å². The van der Waals surface area contributed by atoms with Gasteiger partial charge in [-0.15, -0.1) is 0 Å². The summed E-state index contributed by atoms with van der Waals surface area (Å²) in [5, 5.41) is 0. The maximum Gasteiger partial charge on any atom is 0.344 e. The molecule has 0 heterocycles. The first-order chi connectivity index (χ1) is 8.40. The van der Waals surface area contributed by atoms with Crippen LogP contribution in [0.5, 0.6) is 5.75 Å². The number of halogens is 1. The maximum absolute atomic E-state index is 11.4. The Balaban J connectivity index is 2.71. The molecule has 4 nitrogen and oxygen atoms in total. The molecular weight excluding hydrogens is 298 g/mol. The van der Waals surface area contributed by atoms with E-state index in [9.17, 15) is 4.79 Å². The van der Waals surface area contributed by atoms with Gasteiger partial charge in [-0.1, -0.05) is 22.0 Å². The molecule has 0 saturated heterocycles. The third-order valence-corrected chi connectivity index (χ3v) is 2.67. The topological polar surface area (TPSA) is 61.5 Å². The van der Waals surface area contributed by atoms with Gasteiger partial charge in [0.2, 0.25) is 0 Å². The van der Waals surface area contributed by atoms with Crippen molar-refractivity contribution in [3.05, 3.63) is 28.2 Å². The van der Waals surface area contributed by atoms with Crippen molar-refractivity contribution in [2.75, 3.05) is 6.61 Å². The molecule has 1 aromatic carbocycles. The van der Waals surface area contributed by atoms with Gasteiger partial charge < -0.3 is 15.2 Å². The molecule has 1 aromatic rings. The molecule has 1 atom stereocenters. The standard InChI is InChI=1S/C13H18BrNO3/c1-8(2)18-13(16)7-17-12-6-10(14)4-5-11(12)9(3)15/h4-6,8-9H,7,15H2,1-3H3. The molecule has 18 heavy (non-hydrogen) atoms. The lowest BCUT2D eigenvalue weighted by Crippen LogP contribution is -2.19. The highest BCUT2D eigenvalue weighted by Crippen LogP contribution is 2.27. The average Bonchev–Trinajstić information content (AvgIpc) is 2.25. The van der Waals surface area contributed by atoms with E-state index in [1.807, 2.05) is 19.1 Å². The number of esters is 1. The van der Waals surface area contributed by atoms with E-state index >= 15 is 0 Å². The third-order valence-electron chi connectivity index (χ3n) is 2.18. The first kappa shape index (κ1) is 15.0. The lowest BCUT2D eigenvalue weighted by atomic mass is 10.1. The van der Waals surface area contributed by atoms with Gasteiger partial charge in [-0.05, 0) is 32.9 Å². The van der Waals surface area contributed by atoms with Crippen LogP contribution in [0.3, 0.4) is 0 Å². The van der Waals surface area contributed by atoms with Crippen LogP contribution in [0.1, 0.15) is 32.4 Å². The predicted molar refractivity (Wildman–Crippen MR) is 73.5 cm³/mol. The summed E-state index contributed by atoms with van der Waals surface area (Å²) < 4.78 is 11.3. The fourth-order valence-corrected chi connectivity index (χ4v) is 1.78. The molecule has 0 amide bonds. The zero-order chi connectivity index (χ0) is 13.7. The van der Waals surface area contributed by atoms with Crippen LogP contribution in [0, 0.1) is 0 Å². The Hall–Kier alpha value is -1.07. The van der Waals surface area contributed by atoms with Crippen molar-refractivity contribution in [1.29, 1.82) is 0 Å². The van der Waals surface area contributed by atoms with Crippen LogP contribution in [0.4, 0.5) is 0 Å². The minimum Gasteiger partial charge on any atom is -0.482 e. The Labute approximate surface area is 116 Å². The van der Waals surface area contributed by atoms with Crippen LogP contribution >= 0.6 is 15.9 Å². The van der Waals surface area contributed by atoms with Crippen LogP contribution < -0.4 is 10.5 Å². The van der Waals surface area contributed by atoms with Gasteiger partial charge in [0, 0.05) is 16.1 Å². The second kappa shape index (κ2) is 6.75. The Morgan fingerprint density at radius 2 is 2.06 bits per heavy atom. The molecule has 0 aliphatic carbocycles. The minimum absolute atomic E-state index is 0.117. The molecule has 5 heteroatoms. The summed E-state index contributed by atoms with van der Waals surface area (Å²) in [6.45, 7) is 5.34. The number of rotatable bonds is 5. The van der Waals surface area contributed by atoms with Crippen molar-refractivity contribution in [1.82, 2.24) is 0 Å². The lowest BCUT2D eigenvalue weighted by molar-refractivity contribution is -0.149. The van der Waals surface area contributed by atoms with Gasteiger partial charge in [-0.3, -0.25) is 0 Å². The van der Waals surface area contributed by atoms with Gasteiger partial charge in [0.05, 0.1) is 6.10 Å². The molecular formula is C13H18BrNO3. The van der Waals surface area contributed by atoms with Crippen molar-refractivity contribution in [2.45, 2.75) is 32.9 Å². The van der Waals surface area contributed by atoms with Crippen LogP contribution in [-0.4, -0.2) is 18.7 Å². The number of carbonyl (C=O) groups excluding carboxylic acids is 1. The fraction of sp³-hybridized carbons (Fsp3) is 0.462. The molecule has 0 aliphatic rings. The van der Waals surface area contributed by atoms with Gasteiger partial charge in [-0.25, -0.2) is 4.79 Å². The summed E-state index contributed by atoms with van der Waals surface area (Å²) in [7, 11) is 0. The number of benzene rings is 1. The first-order valence-electron chi connectivity index (χ1n) is 5.77. The highest BCUT2D eigenvalue weighted by Gasteiger charge is 2.12. The van der Waals surface area contributed by atoms with Crippen LogP contribution in [0.25, 0.3) is 0 Å². The van der Waals surface area contributed by atoms with Crippen LogP contribution in [0.2, 0.25) is 0 Å². The van der Waals surface area contributed by atoms with Gasteiger partial charge in [0.15, 0.2) is 6.61 Å². The molecule has 0 bridgehead atoms. The number of ether oxygens (including phenoxy) is 2. The summed E-state index contributed by atoms with van der Waals surface area (Å²) in [4.78, 5) is 11.4. The zero-order valence-electron chi connectivity index (χ0n) is 10.8. The molecule has 0 radical (unpaired) electrons. The fourth-order valence-electron chi connectivity index (χ4n) is 1.44. The molecule has 0 saturated carbocycles. The first-order valence-corrected chi connectivity index (χ1v) is 6.56. The molecule has 100 valence electrons. The Morgan fingerprint density at radius 1 is 1.39 bits per heavy atom. The third kappa shape index (κ3) is 4.66. The van der Waals surface area contributed by atoms with Gasteiger partial charge in [-0.2, -0.15) is 0 Å². The highest BCUT2D eigenvalue weighted by molar-refractivity contribution is 9.10. The maximum atomic E-state index is 11.4. The number of hydrogen-bond donors (Lipinski definition) is 1. The highest BCUT2D eigenvalue weighted by atomic mass is 79.9. The van der Waals surface area contributed by atoms with E-state index < -0.39 is 0 Å². The molecule has 2 N–H and O–H groups in total.